The van der Waals surface area contributed by atoms with Crippen molar-refractivity contribution in [2.75, 3.05) is 19.7 Å². The zero-order valence-electron chi connectivity index (χ0n) is 14.4. The summed E-state index contributed by atoms with van der Waals surface area (Å²) >= 11 is 0. The molecule has 1 rings (SSSR count). The Labute approximate surface area is 138 Å². The number of ether oxygens (including phenoxy) is 1. The molecule has 0 aliphatic carbocycles. The fraction of sp³-hybridized carbons (Fsp3) is 0.556. The van der Waals surface area contributed by atoms with Crippen LogP contribution in [0.4, 0.5) is 4.79 Å². The minimum absolute atomic E-state index is 0.0413. The van der Waals surface area contributed by atoms with Crippen molar-refractivity contribution in [3.8, 4) is 0 Å². The number of unbranched alkanes of at least 4 members (excludes halogenated alkanes) is 1. The quantitative estimate of drug-likeness (QED) is 0.687. The van der Waals surface area contributed by atoms with E-state index in [0.717, 1.165) is 18.4 Å². The van der Waals surface area contributed by atoms with E-state index in [-0.39, 0.29) is 12.0 Å². The minimum atomic E-state index is -0.384. The Kier molecular flexibility index (Phi) is 8.80. The molecule has 0 aliphatic heterocycles. The minimum Gasteiger partial charge on any atom is -0.449 e. The Morgan fingerprint density at radius 1 is 1.09 bits per heavy atom. The van der Waals surface area contributed by atoms with Gasteiger partial charge in [-0.05, 0) is 36.5 Å². The van der Waals surface area contributed by atoms with Crippen LogP contribution >= 0.6 is 0 Å². The Bertz CT molecular complexity index is 484. The van der Waals surface area contributed by atoms with Gasteiger partial charge in [0.2, 0.25) is 0 Å². The SMILES string of the molecule is CCCCNC(=O)c1ccc(CCNC(=O)OCC(C)C)cc1. The zero-order chi connectivity index (χ0) is 17.1. The van der Waals surface area contributed by atoms with Gasteiger partial charge in [0.15, 0.2) is 0 Å². The lowest BCUT2D eigenvalue weighted by atomic mass is 10.1. The van der Waals surface area contributed by atoms with Gasteiger partial charge in [0.05, 0.1) is 6.61 Å². The Morgan fingerprint density at radius 2 is 1.78 bits per heavy atom. The molecule has 5 heteroatoms. The predicted octanol–water partition coefficient (Wildman–Crippen LogP) is 3.14. The highest BCUT2D eigenvalue weighted by Crippen LogP contribution is 2.05. The lowest BCUT2D eigenvalue weighted by molar-refractivity contribution is 0.0953. The van der Waals surface area contributed by atoms with Gasteiger partial charge in [-0.1, -0.05) is 39.3 Å². The van der Waals surface area contributed by atoms with E-state index in [2.05, 4.69) is 17.6 Å². The average molecular weight is 320 g/mol. The molecule has 0 saturated heterocycles. The third-order valence-electron chi connectivity index (χ3n) is 3.26. The smallest absolute Gasteiger partial charge is 0.407 e. The Balaban J connectivity index is 2.31. The van der Waals surface area contributed by atoms with Crippen LogP contribution in [0, 0.1) is 5.92 Å². The summed E-state index contributed by atoms with van der Waals surface area (Å²) in [5, 5.41) is 5.61. The van der Waals surface area contributed by atoms with Crippen LogP contribution in [0.3, 0.4) is 0 Å². The summed E-state index contributed by atoms with van der Waals surface area (Å²) in [6.45, 7) is 7.72. The van der Waals surface area contributed by atoms with E-state index >= 15 is 0 Å². The molecular weight excluding hydrogens is 292 g/mol. The summed E-state index contributed by atoms with van der Waals surface area (Å²) in [7, 11) is 0. The summed E-state index contributed by atoms with van der Waals surface area (Å²) in [4.78, 5) is 23.3. The summed E-state index contributed by atoms with van der Waals surface area (Å²) in [6, 6.07) is 7.45. The molecule has 0 heterocycles. The van der Waals surface area contributed by atoms with Gasteiger partial charge in [0.1, 0.15) is 0 Å². The molecule has 1 aromatic rings. The molecule has 0 aromatic heterocycles. The van der Waals surface area contributed by atoms with Gasteiger partial charge < -0.3 is 15.4 Å². The number of nitrogens with one attached hydrogen (secondary N) is 2. The number of carbonyl (C=O) groups is 2. The molecule has 23 heavy (non-hydrogen) atoms. The van der Waals surface area contributed by atoms with E-state index in [1.807, 2.05) is 38.1 Å². The van der Waals surface area contributed by atoms with Crippen LogP contribution in [0.2, 0.25) is 0 Å². The summed E-state index contributed by atoms with van der Waals surface area (Å²) in [5.74, 6) is 0.289. The number of carbonyl (C=O) groups excluding carboxylic acids is 2. The highest BCUT2D eigenvalue weighted by atomic mass is 16.5. The highest BCUT2D eigenvalue weighted by Gasteiger charge is 2.05. The van der Waals surface area contributed by atoms with Crippen LogP contribution in [0.1, 0.15) is 49.5 Å². The molecular formula is C18H28N2O3. The molecule has 1 aromatic carbocycles. The van der Waals surface area contributed by atoms with Gasteiger partial charge in [-0.3, -0.25) is 4.79 Å². The van der Waals surface area contributed by atoms with Crippen molar-refractivity contribution in [1.82, 2.24) is 10.6 Å². The predicted molar refractivity (Wildman–Crippen MR) is 91.6 cm³/mol. The van der Waals surface area contributed by atoms with E-state index in [1.165, 1.54) is 0 Å². The van der Waals surface area contributed by atoms with E-state index in [9.17, 15) is 9.59 Å². The molecule has 0 atom stereocenters. The molecule has 5 nitrogen and oxygen atoms in total. The first-order valence-electron chi connectivity index (χ1n) is 8.30. The monoisotopic (exact) mass is 320 g/mol. The van der Waals surface area contributed by atoms with Crippen LogP contribution in [-0.4, -0.2) is 31.7 Å². The average Bonchev–Trinajstić information content (AvgIpc) is 2.53. The van der Waals surface area contributed by atoms with Crippen molar-refractivity contribution in [2.45, 2.75) is 40.0 Å². The van der Waals surface area contributed by atoms with Gasteiger partial charge in [-0.25, -0.2) is 4.79 Å². The van der Waals surface area contributed by atoms with Gasteiger partial charge in [0.25, 0.3) is 5.91 Å². The van der Waals surface area contributed by atoms with Gasteiger partial charge in [-0.2, -0.15) is 0 Å². The molecule has 2 N–H and O–H groups in total. The summed E-state index contributed by atoms with van der Waals surface area (Å²) in [6.07, 6.45) is 2.37. The van der Waals surface area contributed by atoms with Crippen molar-refractivity contribution < 1.29 is 14.3 Å². The van der Waals surface area contributed by atoms with E-state index in [1.54, 1.807) is 0 Å². The largest absolute Gasteiger partial charge is 0.449 e. The van der Waals surface area contributed by atoms with Crippen molar-refractivity contribution in [3.63, 3.8) is 0 Å². The standard InChI is InChI=1S/C18H28N2O3/c1-4-5-11-19-17(21)16-8-6-15(7-9-16)10-12-20-18(22)23-13-14(2)3/h6-9,14H,4-5,10-13H2,1-3H3,(H,19,21)(H,20,22). The van der Waals surface area contributed by atoms with Crippen molar-refractivity contribution in [3.05, 3.63) is 35.4 Å². The number of hydrogen-bond donors (Lipinski definition) is 2. The van der Waals surface area contributed by atoms with Crippen LogP contribution < -0.4 is 10.6 Å². The van der Waals surface area contributed by atoms with Crippen LogP contribution in [0.25, 0.3) is 0 Å². The van der Waals surface area contributed by atoms with Crippen molar-refractivity contribution in [1.29, 1.82) is 0 Å². The molecule has 0 saturated carbocycles. The third-order valence-corrected chi connectivity index (χ3v) is 3.26. The Morgan fingerprint density at radius 3 is 2.39 bits per heavy atom. The summed E-state index contributed by atoms with van der Waals surface area (Å²) < 4.78 is 5.04. The number of amides is 2. The van der Waals surface area contributed by atoms with Gasteiger partial charge in [-0.15, -0.1) is 0 Å². The van der Waals surface area contributed by atoms with Crippen molar-refractivity contribution in [2.24, 2.45) is 5.92 Å². The molecule has 0 radical (unpaired) electrons. The number of alkyl carbamates (subject to hydrolysis) is 1. The second-order valence-corrected chi connectivity index (χ2v) is 5.98. The molecule has 0 aliphatic rings. The number of rotatable bonds is 9. The van der Waals surface area contributed by atoms with E-state index < -0.39 is 0 Å². The van der Waals surface area contributed by atoms with Crippen LogP contribution in [-0.2, 0) is 11.2 Å². The second-order valence-electron chi connectivity index (χ2n) is 5.98. The number of hydrogen-bond acceptors (Lipinski definition) is 3. The normalized spacial score (nSPS) is 10.4. The lowest BCUT2D eigenvalue weighted by Gasteiger charge is -2.09. The molecule has 128 valence electrons. The first kappa shape index (κ1) is 19.0. The Hall–Kier alpha value is -2.04. The third kappa shape index (κ3) is 8.24. The zero-order valence-corrected chi connectivity index (χ0v) is 14.4. The fourth-order valence-electron chi connectivity index (χ4n) is 1.91. The molecule has 2 amide bonds. The maximum Gasteiger partial charge on any atom is 0.407 e. The molecule has 0 fully saturated rings. The number of benzene rings is 1. The molecule has 0 bridgehead atoms. The van der Waals surface area contributed by atoms with Crippen molar-refractivity contribution >= 4 is 12.0 Å². The van der Waals surface area contributed by atoms with E-state index in [0.29, 0.717) is 37.6 Å². The fourth-order valence-corrected chi connectivity index (χ4v) is 1.91. The molecule has 0 unspecified atom stereocenters. The lowest BCUT2D eigenvalue weighted by Crippen LogP contribution is -2.27. The van der Waals surface area contributed by atoms with Crippen LogP contribution in [0.15, 0.2) is 24.3 Å². The van der Waals surface area contributed by atoms with Gasteiger partial charge >= 0.3 is 6.09 Å². The van der Waals surface area contributed by atoms with E-state index in [4.69, 9.17) is 4.74 Å². The highest BCUT2D eigenvalue weighted by molar-refractivity contribution is 5.94. The first-order valence-corrected chi connectivity index (χ1v) is 8.30. The van der Waals surface area contributed by atoms with Crippen LogP contribution in [0.5, 0.6) is 0 Å². The topological polar surface area (TPSA) is 67.4 Å². The summed E-state index contributed by atoms with van der Waals surface area (Å²) in [5.41, 5.74) is 1.73. The first-order chi connectivity index (χ1) is 11.0. The maximum atomic E-state index is 11.9. The maximum absolute atomic E-state index is 11.9. The molecule has 0 spiro atoms. The van der Waals surface area contributed by atoms with Gasteiger partial charge in [0, 0.05) is 18.7 Å². The second kappa shape index (κ2) is 10.6.